The summed E-state index contributed by atoms with van der Waals surface area (Å²) in [5.41, 5.74) is 0. The Morgan fingerprint density at radius 1 is 1.40 bits per heavy atom. The van der Waals surface area contributed by atoms with Gasteiger partial charge in [-0.1, -0.05) is 0 Å². The second kappa shape index (κ2) is 2.11. The average Bonchev–Trinajstić information content (AvgIpc) is 1.79. The van der Waals surface area contributed by atoms with Crippen LogP contribution in [0.5, 0.6) is 0 Å². The van der Waals surface area contributed by atoms with Gasteiger partial charge in [0.15, 0.2) is 6.17 Å². The van der Waals surface area contributed by atoms with Gasteiger partial charge in [-0.15, -0.1) is 0 Å². The standard InChI is InChI=1S/C6H4F4/c7-4-1-2-6(9,10)3-5(4)8/h1-4H. The van der Waals surface area contributed by atoms with Gasteiger partial charge in [-0.25, -0.2) is 8.78 Å². The van der Waals surface area contributed by atoms with E-state index in [1.807, 2.05) is 0 Å². The van der Waals surface area contributed by atoms with Crippen LogP contribution in [0.25, 0.3) is 0 Å². The Bertz CT molecular complexity index is 192. The zero-order valence-corrected chi connectivity index (χ0v) is 4.82. The predicted octanol–water partition coefficient (Wildman–Crippen LogP) is 2.38. The minimum atomic E-state index is -3.33. The summed E-state index contributed by atoms with van der Waals surface area (Å²) in [6, 6.07) is 0. The molecule has 0 aromatic rings. The third-order valence-electron chi connectivity index (χ3n) is 1.08. The first-order valence-corrected chi connectivity index (χ1v) is 2.61. The van der Waals surface area contributed by atoms with Crippen molar-refractivity contribution in [3.8, 4) is 0 Å². The molecule has 0 heterocycles. The summed E-state index contributed by atoms with van der Waals surface area (Å²) in [5, 5.41) is 0. The topological polar surface area (TPSA) is 0 Å². The van der Waals surface area contributed by atoms with Gasteiger partial charge in [0, 0.05) is 6.08 Å². The monoisotopic (exact) mass is 152 g/mol. The fourth-order valence-corrected chi connectivity index (χ4v) is 0.616. The molecule has 1 unspecified atom stereocenters. The van der Waals surface area contributed by atoms with Gasteiger partial charge in [0.1, 0.15) is 5.83 Å². The lowest BCUT2D eigenvalue weighted by atomic mass is 10.1. The van der Waals surface area contributed by atoms with Crippen molar-refractivity contribution in [2.24, 2.45) is 0 Å². The lowest BCUT2D eigenvalue weighted by molar-refractivity contribution is 0.102. The first-order valence-electron chi connectivity index (χ1n) is 2.61. The maximum atomic E-state index is 12.1. The molecule has 0 nitrogen and oxygen atoms in total. The van der Waals surface area contributed by atoms with Crippen LogP contribution in [0.2, 0.25) is 0 Å². The molecule has 0 fully saturated rings. The van der Waals surface area contributed by atoms with Gasteiger partial charge in [-0.3, -0.25) is 0 Å². The Labute approximate surface area is 54.8 Å². The largest absolute Gasteiger partial charge is 0.287 e. The number of alkyl halides is 3. The Hall–Kier alpha value is -0.800. The summed E-state index contributed by atoms with van der Waals surface area (Å²) in [4.78, 5) is 0. The molecular weight excluding hydrogens is 148 g/mol. The quantitative estimate of drug-likeness (QED) is 0.369. The van der Waals surface area contributed by atoms with Crippen molar-refractivity contribution in [1.82, 2.24) is 0 Å². The summed E-state index contributed by atoms with van der Waals surface area (Å²) < 4.78 is 48.2. The molecule has 1 aliphatic rings. The normalized spacial score (nSPS) is 30.0. The fraction of sp³-hybridized carbons (Fsp3) is 0.333. The van der Waals surface area contributed by atoms with Crippen LogP contribution in [0, 0.1) is 0 Å². The molecule has 0 spiro atoms. The molecule has 56 valence electrons. The molecule has 0 amide bonds. The second-order valence-electron chi connectivity index (χ2n) is 1.96. The second-order valence-corrected chi connectivity index (χ2v) is 1.96. The van der Waals surface area contributed by atoms with Crippen molar-refractivity contribution in [2.45, 2.75) is 12.1 Å². The Morgan fingerprint density at radius 3 is 2.40 bits per heavy atom. The van der Waals surface area contributed by atoms with Crippen LogP contribution in [-0.4, -0.2) is 12.1 Å². The summed E-state index contributed by atoms with van der Waals surface area (Å²) in [5.74, 6) is -4.75. The van der Waals surface area contributed by atoms with E-state index in [0.29, 0.717) is 12.2 Å². The molecule has 0 aromatic heterocycles. The third-order valence-corrected chi connectivity index (χ3v) is 1.08. The minimum absolute atomic E-state index is 0.0301. The molecular formula is C6H4F4. The van der Waals surface area contributed by atoms with E-state index in [1.54, 1.807) is 0 Å². The van der Waals surface area contributed by atoms with E-state index in [-0.39, 0.29) is 6.08 Å². The van der Waals surface area contributed by atoms with Crippen LogP contribution < -0.4 is 0 Å². The van der Waals surface area contributed by atoms with E-state index in [9.17, 15) is 17.6 Å². The molecule has 1 atom stereocenters. The van der Waals surface area contributed by atoms with Crippen LogP contribution in [0.4, 0.5) is 17.6 Å². The molecule has 4 heteroatoms. The van der Waals surface area contributed by atoms with Gasteiger partial charge in [0.25, 0.3) is 5.92 Å². The van der Waals surface area contributed by atoms with Crippen molar-refractivity contribution in [1.29, 1.82) is 0 Å². The highest BCUT2D eigenvalue weighted by molar-refractivity contribution is 5.23. The number of hydrogen-bond donors (Lipinski definition) is 0. The zero-order chi connectivity index (χ0) is 7.78. The maximum Gasteiger partial charge on any atom is 0.287 e. The van der Waals surface area contributed by atoms with E-state index in [2.05, 4.69) is 0 Å². The molecule has 0 N–H and O–H groups in total. The molecule has 0 radical (unpaired) electrons. The molecule has 0 saturated heterocycles. The minimum Gasteiger partial charge on any atom is -0.235 e. The molecule has 1 aliphatic carbocycles. The lowest BCUT2D eigenvalue weighted by Gasteiger charge is -2.12. The van der Waals surface area contributed by atoms with Gasteiger partial charge >= 0.3 is 0 Å². The molecule has 10 heavy (non-hydrogen) atoms. The smallest absolute Gasteiger partial charge is 0.235 e. The number of hydrogen-bond acceptors (Lipinski definition) is 0. The Morgan fingerprint density at radius 2 is 2.00 bits per heavy atom. The van der Waals surface area contributed by atoms with Gasteiger partial charge in [0.05, 0.1) is 0 Å². The maximum absolute atomic E-state index is 12.1. The summed E-state index contributed by atoms with van der Waals surface area (Å²) >= 11 is 0. The van der Waals surface area contributed by atoms with Crippen molar-refractivity contribution in [2.75, 3.05) is 0 Å². The zero-order valence-electron chi connectivity index (χ0n) is 4.82. The highest BCUT2D eigenvalue weighted by atomic mass is 19.3. The predicted molar refractivity (Wildman–Crippen MR) is 28.2 cm³/mol. The molecule has 1 rings (SSSR count). The number of halogens is 4. The molecule has 0 aromatic carbocycles. The van der Waals surface area contributed by atoms with E-state index in [4.69, 9.17) is 0 Å². The summed E-state index contributed by atoms with van der Waals surface area (Å²) in [6.45, 7) is 0. The summed E-state index contributed by atoms with van der Waals surface area (Å²) in [7, 11) is 0. The van der Waals surface area contributed by atoms with Crippen LogP contribution in [0.15, 0.2) is 24.1 Å². The number of allylic oxidation sites excluding steroid dienone is 4. The number of rotatable bonds is 0. The highest BCUT2D eigenvalue weighted by Gasteiger charge is 2.29. The van der Waals surface area contributed by atoms with E-state index < -0.39 is 17.9 Å². The van der Waals surface area contributed by atoms with Gasteiger partial charge < -0.3 is 0 Å². The first-order chi connectivity index (χ1) is 4.51. The van der Waals surface area contributed by atoms with Crippen molar-refractivity contribution < 1.29 is 17.6 Å². The Balaban J connectivity index is 2.85. The van der Waals surface area contributed by atoms with Crippen molar-refractivity contribution in [3.05, 3.63) is 24.1 Å². The average molecular weight is 152 g/mol. The SMILES string of the molecule is FC1=CC(F)(F)C=CC1F. The first kappa shape index (κ1) is 7.31. The van der Waals surface area contributed by atoms with E-state index in [1.165, 1.54) is 0 Å². The molecule has 0 aliphatic heterocycles. The fourth-order valence-electron chi connectivity index (χ4n) is 0.616. The van der Waals surface area contributed by atoms with Crippen LogP contribution in [0.1, 0.15) is 0 Å². The van der Waals surface area contributed by atoms with E-state index in [0.717, 1.165) is 0 Å². The highest BCUT2D eigenvalue weighted by Crippen LogP contribution is 2.27. The molecule has 0 bridgehead atoms. The van der Waals surface area contributed by atoms with Gasteiger partial charge in [0.2, 0.25) is 0 Å². The van der Waals surface area contributed by atoms with Crippen LogP contribution >= 0.6 is 0 Å². The molecule has 0 saturated carbocycles. The third kappa shape index (κ3) is 1.37. The van der Waals surface area contributed by atoms with Crippen molar-refractivity contribution in [3.63, 3.8) is 0 Å². The van der Waals surface area contributed by atoms with Gasteiger partial charge in [-0.05, 0) is 12.2 Å². The lowest BCUT2D eigenvalue weighted by Crippen LogP contribution is -2.16. The Kier molecular flexibility index (Phi) is 1.54. The summed E-state index contributed by atoms with van der Waals surface area (Å²) in [6.07, 6.45) is -1.20. The van der Waals surface area contributed by atoms with Gasteiger partial charge in [-0.2, -0.15) is 8.78 Å². The van der Waals surface area contributed by atoms with Crippen molar-refractivity contribution >= 4 is 0 Å². The van der Waals surface area contributed by atoms with E-state index >= 15 is 0 Å². The van der Waals surface area contributed by atoms with Crippen LogP contribution in [-0.2, 0) is 0 Å². The van der Waals surface area contributed by atoms with Crippen LogP contribution in [0.3, 0.4) is 0 Å².